The largest absolute Gasteiger partial charge is 0.366 e. The van der Waals surface area contributed by atoms with Crippen molar-refractivity contribution in [1.29, 1.82) is 0 Å². The van der Waals surface area contributed by atoms with Gasteiger partial charge in [-0.2, -0.15) is 4.98 Å². The molecular formula is C22H24FN5. The van der Waals surface area contributed by atoms with Gasteiger partial charge in [-0.1, -0.05) is 42.5 Å². The number of nitrogens with one attached hydrogen (secondary N) is 1. The molecule has 2 heterocycles. The van der Waals surface area contributed by atoms with Gasteiger partial charge in [0.05, 0.1) is 0 Å². The summed E-state index contributed by atoms with van der Waals surface area (Å²) >= 11 is 0. The summed E-state index contributed by atoms with van der Waals surface area (Å²) in [7, 11) is 0. The molecule has 0 saturated carbocycles. The molecule has 1 aromatic heterocycles. The van der Waals surface area contributed by atoms with Gasteiger partial charge in [-0.05, 0) is 29.3 Å². The fourth-order valence-corrected chi connectivity index (χ4v) is 3.34. The van der Waals surface area contributed by atoms with E-state index in [0.29, 0.717) is 6.54 Å². The lowest BCUT2D eigenvalue weighted by Gasteiger charge is -2.34. The minimum Gasteiger partial charge on any atom is -0.366 e. The van der Waals surface area contributed by atoms with E-state index in [4.69, 9.17) is 0 Å². The minimum atomic E-state index is -0.223. The third kappa shape index (κ3) is 4.84. The van der Waals surface area contributed by atoms with Crippen molar-refractivity contribution in [3.05, 3.63) is 83.8 Å². The van der Waals surface area contributed by atoms with E-state index >= 15 is 0 Å². The van der Waals surface area contributed by atoms with Crippen LogP contribution in [0.4, 0.5) is 16.2 Å². The molecule has 0 aliphatic carbocycles. The van der Waals surface area contributed by atoms with Gasteiger partial charge < -0.3 is 10.2 Å². The predicted octanol–water partition coefficient (Wildman–Crippen LogP) is 3.55. The molecule has 1 saturated heterocycles. The second-order valence-corrected chi connectivity index (χ2v) is 6.97. The fourth-order valence-electron chi connectivity index (χ4n) is 3.34. The number of aromatic nitrogens is 2. The Morgan fingerprint density at radius 2 is 1.61 bits per heavy atom. The van der Waals surface area contributed by atoms with E-state index in [1.54, 1.807) is 18.3 Å². The molecule has 6 heteroatoms. The lowest BCUT2D eigenvalue weighted by atomic mass is 10.2. The maximum absolute atomic E-state index is 13.0. The van der Waals surface area contributed by atoms with Crippen molar-refractivity contribution in [3.8, 4) is 0 Å². The second-order valence-electron chi connectivity index (χ2n) is 6.97. The van der Waals surface area contributed by atoms with Crippen molar-refractivity contribution >= 4 is 11.8 Å². The monoisotopic (exact) mass is 377 g/mol. The number of hydrogen-bond donors (Lipinski definition) is 1. The summed E-state index contributed by atoms with van der Waals surface area (Å²) in [6.07, 6.45) is 1.78. The van der Waals surface area contributed by atoms with Crippen molar-refractivity contribution in [2.45, 2.75) is 13.1 Å². The molecule has 0 unspecified atom stereocenters. The van der Waals surface area contributed by atoms with Crippen LogP contribution in [-0.2, 0) is 13.1 Å². The van der Waals surface area contributed by atoms with E-state index in [-0.39, 0.29) is 5.82 Å². The number of rotatable bonds is 6. The molecule has 1 N–H and O–H groups in total. The highest BCUT2D eigenvalue weighted by Gasteiger charge is 2.19. The average molecular weight is 377 g/mol. The van der Waals surface area contributed by atoms with Crippen LogP contribution < -0.4 is 10.2 Å². The number of nitrogens with zero attached hydrogens (tertiary/aromatic N) is 4. The first-order chi connectivity index (χ1) is 13.8. The van der Waals surface area contributed by atoms with Crippen LogP contribution in [0.15, 0.2) is 66.9 Å². The highest BCUT2D eigenvalue weighted by molar-refractivity contribution is 5.42. The van der Waals surface area contributed by atoms with Gasteiger partial charge >= 0.3 is 0 Å². The van der Waals surface area contributed by atoms with Gasteiger partial charge in [0.25, 0.3) is 0 Å². The predicted molar refractivity (Wildman–Crippen MR) is 110 cm³/mol. The van der Waals surface area contributed by atoms with Crippen molar-refractivity contribution in [2.24, 2.45) is 0 Å². The Labute approximate surface area is 164 Å². The Hall–Kier alpha value is -2.99. The van der Waals surface area contributed by atoms with Crippen molar-refractivity contribution in [3.63, 3.8) is 0 Å². The van der Waals surface area contributed by atoms with Gasteiger partial charge in [0.1, 0.15) is 11.6 Å². The normalized spacial score (nSPS) is 14.8. The molecule has 4 rings (SSSR count). The standard InChI is InChI=1S/C22H24FN5/c23-20-8-6-18(7-9-20)16-25-21-10-11-24-22(26-21)28-14-12-27(13-15-28)17-19-4-2-1-3-5-19/h1-11H,12-17H2,(H,24,25,26). The van der Waals surface area contributed by atoms with E-state index in [1.165, 1.54) is 17.7 Å². The zero-order valence-electron chi connectivity index (χ0n) is 15.8. The Morgan fingerprint density at radius 1 is 0.857 bits per heavy atom. The SMILES string of the molecule is Fc1ccc(CNc2ccnc(N3CCN(Cc4ccccc4)CC3)n2)cc1. The van der Waals surface area contributed by atoms with Crippen LogP contribution in [0.1, 0.15) is 11.1 Å². The first kappa shape index (κ1) is 18.4. The summed E-state index contributed by atoms with van der Waals surface area (Å²) < 4.78 is 13.0. The highest BCUT2D eigenvalue weighted by atomic mass is 19.1. The topological polar surface area (TPSA) is 44.3 Å². The first-order valence-corrected chi connectivity index (χ1v) is 9.59. The van der Waals surface area contributed by atoms with Crippen LogP contribution in [0, 0.1) is 5.82 Å². The Balaban J connectivity index is 1.31. The van der Waals surface area contributed by atoms with Crippen LogP contribution in [0.5, 0.6) is 0 Å². The van der Waals surface area contributed by atoms with E-state index in [2.05, 4.69) is 55.4 Å². The third-order valence-corrected chi connectivity index (χ3v) is 4.93. The van der Waals surface area contributed by atoms with Gasteiger partial charge in [-0.25, -0.2) is 9.37 Å². The summed E-state index contributed by atoms with van der Waals surface area (Å²) in [5.41, 5.74) is 2.36. The van der Waals surface area contributed by atoms with Crippen molar-refractivity contribution < 1.29 is 4.39 Å². The smallest absolute Gasteiger partial charge is 0.227 e. The van der Waals surface area contributed by atoms with Gasteiger partial charge in [0.15, 0.2) is 0 Å². The Bertz CT molecular complexity index is 877. The lowest BCUT2D eigenvalue weighted by Crippen LogP contribution is -2.46. The zero-order valence-corrected chi connectivity index (χ0v) is 15.8. The minimum absolute atomic E-state index is 0.223. The number of halogens is 1. The number of hydrogen-bond acceptors (Lipinski definition) is 5. The third-order valence-electron chi connectivity index (χ3n) is 4.93. The lowest BCUT2D eigenvalue weighted by molar-refractivity contribution is 0.248. The molecule has 3 aromatic rings. The van der Waals surface area contributed by atoms with Gasteiger partial charge in [-0.15, -0.1) is 0 Å². The van der Waals surface area contributed by atoms with Crippen molar-refractivity contribution in [1.82, 2.24) is 14.9 Å². The van der Waals surface area contributed by atoms with Gasteiger partial charge in [0.2, 0.25) is 5.95 Å². The van der Waals surface area contributed by atoms with Crippen LogP contribution in [0.25, 0.3) is 0 Å². The quantitative estimate of drug-likeness (QED) is 0.712. The molecule has 0 bridgehead atoms. The maximum Gasteiger partial charge on any atom is 0.227 e. The molecule has 1 aliphatic heterocycles. The van der Waals surface area contributed by atoms with Crippen LogP contribution >= 0.6 is 0 Å². The molecule has 1 fully saturated rings. The summed E-state index contributed by atoms with van der Waals surface area (Å²) in [6.45, 7) is 5.38. The van der Waals surface area contributed by atoms with E-state index < -0.39 is 0 Å². The van der Waals surface area contributed by atoms with Gasteiger partial charge in [0, 0.05) is 45.5 Å². The average Bonchev–Trinajstić information content (AvgIpc) is 2.75. The fraction of sp³-hybridized carbons (Fsp3) is 0.273. The molecule has 0 amide bonds. The molecule has 0 atom stereocenters. The van der Waals surface area contributed by atoms with Crippen molar-refractivity contribution in [2.75, 3.05) is 36.4 Å². The first-order valence-electron chi connectivity index (χ1n) is 9.59. The summed E-state index contributed by atoms with van der Waals surface area (Å²) in [5, 5.41) is 3.29. The molecule has 1 aliphatic rings. The number of piperazine rings is 1. The maximum atomic E-state index is 13.0. The molecule has 144 valence electrons. The molecule has 0 spiro atoms. The molecule has 2 aromatic carbocycles. The molecule has 5 nitrogen and oxygen atoms in total. The summed E-state index contributed by atoms with van der Waals surface area (Å²) in [4.78, 5) is 13.8. The van der Waals surface area contributed by atoms with Gasteiger partial charge in [-0.3, -0.25) is 4.90 Å². The van der Waals surface area contributed by atoms with E-state index in [1.807, 2.05) is 6.07 Å². The van der Waals surface area contributed by atoms with Crippen LogP contribution in [0.3, 0.4) is 0 Å². The summed E-state index contributed by atoms with van der Waals surface area (Å²) in [6, 6.07) is 18.9. The van der Waals surface area contributed by atoms with Crippen LogP contribution in [0.2, 0.25) is 0 Å². The van der Waals surface area contributed by atoms with E-state index in [9.17, 15) is 4.39 Å². The summed E-state index contributed by atoms with van der Waals surface area (Å²) in [5.74, 6) is 1.31. The molecule has 0 radical (unpaired) electrons. The van der Waals surface area contributed by atoms with Crippen LogP contribution in [-0.4, -0.2) is 41.0 Å². The Kier molecular flexibility index (Phi) is 5.77. The van der Waals surface area contributed by atoms with E-state index in [0.717, 1.165) is 50.1 Å². The molecular weight excluding hydrogens is 353 g/mol. The molecule has 28 heavy (non-hydrogen) atoms. The zero-order chi connectivity index (χ0) is 19.2. The second kappa shape index (κ2) is 8.80. The Morgan fingerprint density at radius 3 is 2.36 bits per heavy atom. The number of benzene rings is 2. The number of anilines is 2. The highest BCUT2D eigenvalue weighted by Crippen LogP contribution is 2.16.